The van der Waals surface area contributed by atoms with E-state index in [0.29, 0.717) is 0 Å². The highest BCUT2D eigenvalue weighted by Crippen LogP contribution is 2.42. The van der Waals surface area contributed by atoms with Crippen LogP contribution < -0.4 is 14.2 Å². The van der Waals surface area contributed by atoms with E-state index in [4.69, 9.17) is 14.2 Å². The van der Waals surface area contributed by atoms with Gasteiger partial charge in [0.05, 0.1) is 21.3 Å². The van der Waals surface area contributed by atoms with Crippen LogP contribution in [0.1, 0.15) is 16.7 Å². The minimum Gasteiger partial charge on any atom is -0.497 e. The van der Waals surface area contributed by atoms with Crippen LogP contribution in [-0.4, -0.2) is 46.9 Å². The lowest BCUT2D eigenvalue weighted by Crippen LogP contribution is -2.15. The summed E-state index contributed by atoms with van der Waals surface area (Å²) in [4.78, 5) is 2.20. The second-order valence-corrected chi connectivity index (χ2v) is 7.94. The normalized spacial score (nSPS) is 10.9. The SMILES string of the molecule is COc1ccc(CCN(C)C)c(-c2cc(CCc3ccccc3)cc(OC)c2OC)c1. The summed E-state index contributed by atoms with van der Waals surface area (Å²) >= 11 is 0. The molecule has 31 heavy (non-hydrogen) atoms. The first kappa shape index (κ1) is 22.7. The fraction of sp³-hybridized carbons (Fsp3) is 0.333. The molecule has 0 radical (unpaired) electrons. The van der Waals surface area contributed by atoms with Crippen LogP contribution in [0.15, 0.2) is 60.7 Å². The Bertz CT molecular complexity index is 983. The summed E-state index contributed by atoms with van der Waals surface area (Å²) in [6, 6.07) is 21.2. The van der Waals surface area contributed by atoms with Crippen molar-refractivity contribution in [2.75, 3.05) is 42.0 Å². The largest absolute Gasteiger partial charge is 0.497 e. The van der Waals surface area contributed by atoms with Crippen molar-refractivity contribution in [3.8, 4) is 28.4 Å². The van der Waals surface area contributed by atoms with Gasteiger partial charge < -0.3 is 19.1 Å². The first-order chi connectivity index (χ1) is 15.0. The molecule has 4 heteroatoms. The number of likely N-dealkylation sites (N-methyl/N-ethyl adjacent to an activating group) is 1. The molecular formula is C27H33NO3. The maximum absolute atomic E-state index is 5.82. The minimum atomic E-state index is 0.754. The number of aryl methyl sites for hydroxylation is 2. The van der Waals surface area contributed by atoms with E-state index in [0.717, 1.165) is 54.2 Å². The van der Waals surface area contributed by atoms with Gasteiger partial charge in [-0.2, -0.15) is 0 Å². The molecule has 0 amide bonds. The average Bonchev–Trinajstić information content (AvgIpc) is 2.81. The maximum atomic E-state index is 5.82. The smallest absolute Gasteiger partial charge is 0.168 e. The Balaban J connectivity index is 2.05. The monoisotopic (exact) mass is 419 g/mol. The van der Waals surface area contributed by atoms with Crippen molar-refractivity contribution in [3.63, 3.8) is 0 Å². The fourth-order valence-corrected chi connectivity index (χ4v) is 3.79. The van der Waals surface area contributed by atoms with Crippen molar-refractivity contribution in [1.29, 1.82) is 0 Å². The van der Waals surface area contributed by atoms with Gasteiger partial charge in [0.1, 0.15) is 5.75 Å². The Morgan fingerprint density at radius 2 is 1.42 bits per heavy atom. The number of hydrogen-bond acceptors (Lipinski definition) is 4. The van der Waals surface area contributed by atoms with E-state index in [1.807, 2.05) is 6.07 Å². The Hall–Kier alpha value is -2.98. The molecule has 4 nitrogen and oxygen atoms in total. The summed E-state index contributed by atoms with van der Waals surface area (Å²) < 4.78 is 17.1. The van der Waals surface area contributed by atoms with Gasteiger partial charge in [0.15, 0.2) is 11.5 Å². The number of methoxy groups -OCH3 is 3. The maximum Gasteiger partial charge on any atom is 0.168 e. The molecule has 0 heterocycles. The van der Waals surface area contributed by atoms with Gasteiger partial charge in [0, 0.05) is 12.1 Å². The molecular weight excluding hydrogens is 386 g/mol. The summed E-state index contributed by atoms with van der Waals surface area (Å²) in [6.07, 6.45) is 2.84. The van der Waals surface area contributed by atoms with Gasteiger partial charge in [-0.05, 0) is 79.9 Å². The van der Waals surface area contributed by atoms with Gasteiger partial charge in [-0.3, -0.25) is 0 Å². The summed E-state index contributed by atoms with van der Waals surface area (Å²) in [5.41, 5.74) is 5.97. The number of rotatable bonds is 10. The average molecular weight is 420 g/mol. The van der Waals surface area contributed by atoms with Crippen LogP contribution in [0.5, 0.6) is 17.2 Å². The predicted octanol–water partition coefficient (Wildman–Crippen LogP) is 5.27. The number of hydrogen-bond donors (Lipinski definition) is 0. The first-order valence-electron chi connectivity index (χ1n) is 10.7. The van der Waals surface area contributed by atoms with Gasteiger partial charge in [0.25, 0.3) is 0 Å². The lowest BCUT2D eigenvalue weighted by molar-refractivity contribution is 0.355. The standard InChI is InChI=1S/C27H33NO3/c1-28(2)16-15-22-13-14-23(29-3)19-24(22)25-17-21(18-26(30-4)27(25)31-5)12-11-20-9-7-6-8-10-20/h6-10,13-14,17-19H,11-12,15-16H2,1-5H3. The molecule has 0 aromatic heterocycles. The van der Waals surface area contributed by atoms with Crippen LogP contribution in [0.25, 0.3) is 11.1 Å². The van der Waals surface area contributed by atoms with Gasteiger partial charge in [-0.15, -0.1) is 0 Å². The van der Waals surface area contributed by atoms with Gasteiger partial charge >= 0.3 is 0 Å². The van der Waals surface area contributed by atoms with Gasteiger partial charge in [0.2, 0.25) is 0 Å². The Morgan fingerprint density at radius 3 is 2.06 bits per heavy atom. The highest BCUT2D eigenvalue weighted by Gasteiger charge is 2.18. The zero-order valence-electron chi connectivity index (χ0n) is 19.3. The summed E-state index contributed by atoms with van der Waals surface area (Å²) in [5.74, 6) is 2.34. The van der Waals surface area contributed by atoms with Crippen LogP contribution >= 0.6 is 0 Å². The Morgan fingerprint density at radius 1 is 0.677 bits per heavy atom. The van der Waals surface area contributed by atoms with Crippen molar-refractivity contribution >= 4 is 0 Å². The van der Waals surface area contributed by atoms with E-state index < -0.39 is 0 Å². The van der Waals surface area contributed by atoms with Crippen LogP contribution in [0.3, 0.4) is 0 Å². The third-order valence-electron chi connectivity index (χ3n) is 5.52. The fourth-order valence-electron chi connectivity index (χ4n) is 3.79. The molecule has 0 atom stereocenters. The summed E-state index contributed by atoms with van der Waals surface area (Å²) in [6.45, 7) is 0.965. The Labute approximate surface area is 186 Å². The third kappa shape index (κ3) is 5.80. The van der Waals surface area contributed by atoms with Crippen molar-refractivity contribution in [2.24, 2.45) is 0 Å². The number of benzene rings is 3. The number of ether oxygens (including phenoxy) is 3. The highest BCUT2D eigenvalue weighted by molar-refractivity contribution is 5.78. The van der Waals surface area contributed by atoms with E-state index in [2.05, 4.69) is 73.6 Å². The molecule has 0 N–H and O–H groups in total. The predicted molar refractivity (Wildman–Crippen MR) is 128 cm³/mol. The third-order valence-corrected chi connectivity index (χ3v) is 5.52. The summed E-state index contributed by atoms with van der Waals surface area (Å²) in [5, 5.41) is 0. The van der Waals surface area contributed by atoms with Crippen molar-refractivity contribution < 1.29 is 14.2 Å². The molecule has 3 aromatic rings. The second-order valence-electron chi connectivity index (χ2n) is 7.94. The summed E-state index contributed by atoms with van der Waals surface area (Å²) in [7, 11) is 9.28. The minimum absolute atomic E-state index is 0.754. The molecule has 164 valence electrons. The van der Waals surface area contributed by atoms with E-state index in [1.54, 1.807) is 21.3 Å². The van der Waals surface area contributed by atoms with Crippen LogP contribution in [0.2, 0.25) is 0 Å². The van der Waals surface area contributed by atoms with Crippen molar-refractivity contribution in [2.45, 2.75) is 19.3 Å². The molecule has 0 saturated carbocycles. The molecule has 0 aliphatic rings. The highest BCUT2D eigenvalue weighted by atomic mass is 16.5. The zero-order chi connectivity index (χ0) is 22.2. The van der Waals surface area contributed by atoms with Crippen LogP contribution in [0, 0.1) is 0 Å². The molecule has 0 spiro atoms. The van der Waals surface area contributed by atoms with Gasteiger partial charge in [-0.1, -0.05) is 36.4 Å². The van der Waals surface area contributed by atoms with Crippen LogP contribution in [0.4, 0.5) is 0 Å². The number of nitrogens with zero attached hydrogens (tertiary/aromatic N) is 1. The lowest BCUT2D eigenvalue weighted by Gasteiger charge is -2.19. The molecule has 0 fully saturated rings. The molecule has 0 aliphatic heterocycles. The van der Waals surface area contributed by atoms with Crippen molar-refractivity contribution in [1.82, 2.24) is 4.90 Å². The Kier molecular flexibility index (Phi) is 7.96. The molecule has 0 saturated heterocycles. The second kappa shape index (κ2) is 10.9. The quantitative estimate of drug-likeness (QED) is 0.448. The molecule has 3 rings (SSSR count). The molecule has 0 unspecified atom stereocenters. The van der Waals surface area contributed by atoms with E-state index in [9.17, 15) is 0 Å². The first-order valence-corrected chi connectivity index (χ1v) is 10.7. The van der Waals surface area contributed by atoms with Gasteiger partial charge in [-0.25, -0.2) is 0 Å². The molecule has 0 aliphatic carbocycles. The van der Waals surface area contributed by atoms with E-state index in [-0.39, 0.29) is 0 Å². The lowest BCUT2D eigenvalue weighted by atomic mass is 9.93. The van der Waals surface area contributed by atoms with E-state index in [1.165, 1.54) is 16.7 Å². The zero-order valence-corrected chi connectivity index (χ0v) is 19.3. The van der Waals surface area contributed by atoms with Crippen LogP contribution in [-0.2, 0) is 19.3 Å². The molecule has 3 aromatic carbocycles. The van der Waals surface area contributed by atoms with E-state index >= 15 is 0 Å². The topological polar surface area (TPSA) is 30.9 Å². The molecule has 0 bridgehead atoms. The van der Waals surface area contributed by atoms with Crippen molar-refractivity contribution in [3.05, 3.63) is 77.4 Å².